The van der Waals surface area contributed by atoms with E-state index >= 15 is 0 Å². The lowest BCUT2D eigenvalue weighted by Gasteiger charge is -2.34. The molecule has 1 atom stereocenters. The van der Waals surface area contributed by atoms with E-state index in [4.69, 9.17) is 14.7 Å². The molecular formula is C30H33N5O3. The molecule has 1 aliphatic rings. The second-order valence-corrected chi connectivity index (χ2v) is 9.99. The fourth-order valence-electron chi connectivity index (χ4n) is 4.97. The smallest absolute Gasteiger partial charge is 0.328 e. The first-order chi connectivity index (χ1) is 18.4. The summed E-state index contributed by atoms with van der Waals surface area (Å²) in [5.74, 6) is 1.06. The number of rotatable bonds is 7. The van der Waals surface area contributed by atoms with Gasteiger partial charge in [-0.3, -0.25) is 9.69 Å². The van der Waals surface area contributed by atoms with Crippen LogP contribution in [0.1, 0.15) is 30.0 Å². The molecule has 1 saturated heterocycles. The lowest BCUT2D eigenvalue weighted by atomic mass is 10.0. The van der Waals surface area contributed by atoms with Crippen LogP contribution < -0.4 is 5.32 Å². The molecule has 1 aromatic heterocycles. The van der Waals surface area contributed by atoms with E-state index in [-0.39, 0.29) is 17.8 Å². The van der Waals surface area contributed by atoms with Gasteiger partial charge in [0.05, 0.1) is 19.2 Å². The first-order valence-electron chi connectivity index (χ1n) is 13.0. The number of ether oxygens (including phenoxy) is 1. The van der Waals surface area contributed by atoms with E-state index in [0.717, 1.165) is 40.3 Å². The molecule has 0 saturated carbocycles. The van der Waals surface area contributed by atoms with Crippen molar-refractivity contribution >= 4 is 39.4 Å². The number of aromatic nitrogens is 2. The number of fused-ring (bicyclic) bond motifs is 2. The summed E-state index contributed by atoms with van der Waals surface area (Å²) in [4.78, 5) is 39.5. The van der Waals surface area contributed by atoms with Crippen LogP contribution in [-0.2, 0) is 16.1 Å². The summed E-state index contributed by atoms with van der Waals surface area (Å²) in [5, 5.41) is 6.22. The third kappa shape index (κ3) is 5.31. The number of carbonyl (C=O) groups is 2. The van der Waals surface area contributed by atoms with Gasteiger partial charge >= 0.3 is 5.97 Å². The van der Waals surface area contributed by atoms with Crippen molar-refractivity contribution < 1.29 is 14.3 Å². The number of piperazine rings is 1. The highest BCUT2D eigenvalue weighted by Crippen LogP contribution is 2.24. The molecule has 196 valence electrons. The molecule has 1 N–H and O–H groups in total. The molecule has 0 aliphatic carbocycles. The maximum absolute atomic E-state index is 13.3. The van der Waals surface area contributed by atoms with E-state index in [9.17, 15) is 9.59 Å². The Labute approximate surface area is 222 Å². The minimum absolute atomic E-state index is 0.0203. The Morgan fingerprint density at radius 2 is 1.58 bits per heavy atom. The van der Waals surface area contributed by atoms with E-state index in [1.165, 1.54) is 7.11 Å². The van der Waals surface area contributed by atoms with Crippen LogP contribution in [-0.4, -0.2) is 71.0 Å². The van der Waals surface area contributed by atoms with Crippen molar-refractivity contribution in [3.05, 3.63) is 78.1 Å². The van der Waals surface area contributed by atoms with Crippen LogP contribution in [0, 0.1) is 5.92 Å². The van der Waals surface area contributed by atoms with Crippen LogP contribution in [0.3, 0.4) is 0 Å². The van der Waals surface area contributed by atoms with Gasteiger partial charge in [0.15, 0.2) is 0 Å². The Morgan fingerprint density at radius 1 is 0.895 bits per heavy atom. The second-order valence-electron chi connectivity index (χ2n) is 9.99. The highest BCUT2D eigenvalue weighted by Gasteiger charge is 2.26. The van der Waals surface area contributed by atoms with Crippen molar-refractivity contribution in [2.24, 2.45) is 5.92 Å². The van der Waals surface area contributed by atoms with E-state index in [2.05, 4.69) is 10.2 Å². The number of hydrogen-bond donors (Lipinski definition) is 1. The number of nitrogens with one attached hydrogen (secondary N) is 1. The van der Waals surface area contributed by atoms with Crippen molar-refractivity contribution in [1.29, 1.82) is 0 Å². The number of esters is 1. The molecule has 1 amide bonds. The number of anilines is 1. The molecule has 1 fully saturated rings. The Kier molecular flexibility index (Phi) is 7.51. The molecule has 2 heterocycles. The molecule has 0 spiro atoms. The Hall–Kier alpha value is -4.04. The highest BCUT2D eigenvalue weighted by molar-refractivity contribution is 6.07. The second kappa shape index (κ2) is 11.1. The van der Waals surface area contributed by atoms with Gasteiger partial charge in [-0.25, -0.2) is 14.8 Å². The van der Waals surface area contributed by atoms with Crippen LogP contribution in [0.4, 0.5) is 5.82 Å². The SMILES string of the molecule is COC(=O)[C@@H](Nc1nc(CN2CCN(C(=O)c3cccc4ccccc34)CC2)nc2ccccc12)C(C)C. The summed E-state index contributed by atoms with van der Waals surface area (Å²) in [6.07, 6.45) is 0. The van der Waals surface area contributed by atoms with Crippen LogP contribution >= 0.6 is 0 Å². The molecule has 8 nitrogen and oxygen atoms in total. The monoisotopic (exact) mass is 511 g/mol. The predicted molar refractivity (Wildman–Crippen MR) is 149 cm³/mol. The zero-order valence-electron chi connectivity index (χ0n) is 22.1. The third-order valence-electron chi connectivity index (χ3n) is 7.11. The molecule has 0 unspecified atom stereocenters. The van der Waals surface area contributed by atoms with Gasteiger partial charge in [0, 0.05) is 37.1 Å². The molecular weight excluding hydrogens is 478 g/mol. The first-order valence-corrected chi connectivity index (χ1v) is 13.0. The van der Waals surface area contributed by atoms with E-state index in [1.807, 2.05) is 85.5 Å². The topological polar surface area (TPSA) is 87.7 Å². The number of nitrogens with zero attached hydrogens (tertiary/aromatic N) is 4. The van der Waals surface area contributed by atoms with Gasteiger partial charge in [0.1, 0.15) is 17.7 Å². The van der Waals surface area contributed by atoms with Crippen LogP contribution in [0.5, 0.6) is 0 Å². The maximum atomic E-state index is 13.3. The number of carbonyl (C=O) groups excluding carboxylic acids is 2. The molecule has 0 bridgehead atoms. The normalized spacial score (nSPS) is 15.1. The molecule has 4 aromatic rings. The predicted octanol–water partition coefficient (Wildman–Crippen LogP) is 4.35. The largest absolute Gasteiger partial charge is 0.467 e. The summed E-state index contributed by atoms with van der Waals surface area (Å²) < 4.78 is 5.01. The quantitative estimate of drug-likeness (QED) is 0.369. The third-order valence-corrected chi connectivity index (χ3v) is 7.11. The Balaban J connectivity index is 1.31. The van der Waals surface area contributed by atoms with E-state index in [0.29, 0.717) is 31.3 Å². The standard InChI is InChI=1S/C30H33N5O3/c1-20(2)27(30(37)38-3)33-28-24-12-6-7-14-25(24)31-26(32-28)19-34-15-17-35(18-16-34)29(36)23-13-8-10-21-9-4-5-11-22(21)23/h4-14,20,27H,15-19H2,1-3H3,(H,31,32,33)/t27-/m0/s1. The van der Waals surface area contributed by atoms with Gasteiger partial charge in [0.25, 0.3) is 5.91 Å². The Morgan fingerprint density at radius 3 is 2.32 bits per heavy atom. The number of benzene rings is 3. The molecule has 1 aliphatic heterocycles. The van der Waals surface area contributed by atoms with Gasteiger partial charge in [-0.2, -0.15) is 0 Å². The van der Waals surface area contributed by atoms with Crippen molar-refractivity contribution in [3.8, 4) is 0 Å². The Bertz CT molecular complexity index is 1460. The summed E-state index contributed by atoms with van der Waals surface area (Å²) >= 11 is 0. The minimum Gasteiger partial charge on any atom is -0.467 e. The van der Waals surface area contributed by atoms with Crippen molar-refractivity contribution in [2.45, 2.75) is 26.4 Å². The molecule has 8 heteroatoms. The van der Waals surface area contributed by atoms with Gasteiger partial charge < -0.3 is 15.0 Å². The maximum Gasteiger partial charge on any atom is 0.328 e. The average molecular weight is 512 g/mol. The van der Waals surface area contributed by atoms with Crippen LogP contribution in [0.25, 0.3) is 21.7 Å². The highest BCUT2D eigenvalue weighted by atomic mass is 16.5. The fraction of sp³-hybridized carbons (Fsp3) is 0.333. The van der Waals surface area contributed by atoms with Crippen molar-refractivity contribution in [2.75, 3.05) is 38.6 Å². The first kappa shape index (κ1) is 25.6. The summed E-state index contributed by atoms with van der Waals surface area (Å²) in [7, 11) is 1.40. The van der Waals surface area contributed by atoms with Crippen LogP contribution in [0.2, 0.25) is 0 Å². The minimum atomic E-state index is -0.519. The summed E-state index contributed by atoms with van der Waals surface area (Å²) in [5.41, 5.74) is 1.56. The van der Waals surface area contributed by atoms with E-state index in [1.54, 1.807) is 0 Å². The summed E-state index contributed by atoms with van der Waals surface area (Å²) in [6.45, 7) is 7.23. The van der Waals surface area contributed by atoms with Gasteiger partial charge in [-0.1, -0.05) is 62.4 Å². The number of amides is 1. The molecule has 38 heavy (non-hydrogen) atoms. The number of para-hydroxylation sites is 1. The molecule has 0 radical (unpaired) electrons. The molecule has 5 rings (SSSR count). The average Bonchev–Trinajstić information content (AvgIpc) is 2.95. The summed E-state index contributed by atoms with van der Waals surface area (Å²) in [6, 6.07) is 21.2. The number of methoxy groups -OCH3 is 1. The lowest BCUT2D eigenvalue weighted by molar-refractivity contribution is -0.142. The van der Waals surface area contributed by atoms with Gasteiger partial charge in [0.2, 0.25) is 0 Å². The van der Waals surface area contributed by atoms with Gasteiger partial charge in [-0.15, -0.1) is 0 Å². The molecule has 3 aromatic carbocycles. The van der Waals surface area contributed by atoms with Gasteiger partial charge in [-0.05, 0) is 34.9 Å². The zero-order chi connectivity index (χ0) is 26.6. The van der Waals surface area contributed by atoms with Crippen molar-refractivity contribution in [1.82, 2.24) is 19.8 Å². The number of hydrogen-bond acceptors (Lipinski definition) is 7. The van der Waals surface area contributed by atoms with Crippen LogP contribution in [0.15, 0.2) is 66.7 Å². The fourth-order valence-corrected chi connectivity index (χ4v) is 4.97. The van der Waals surface area contributed by atoms with E-state index < -0.39 is 6.04 Å². The van der Waals surface area contributed by atoms with Crippen molar-refractivity contribution in [3.63, 3.8) is 0 Å². The zero-order valence-corrected chi connectivity index (χ0v) is 22.1. The lowest BCUT2D eigenvalue weighted by Crippen LogP contribution is -2.48.